The third-order valence-electron chi connectivity index (χ3n) is 3.67. The number of hydrogen-bond donors (Lipinski definition) is 1. The van der Waals surface area contributed by atoms with Gasteiger partial charge in [0.15, 0.2) is 5.82 Å². The molecule has 0 amide bonds. The minimum absolute atomic E-state index is 0.447. The molecule has 1 N–H and O–H groups in total. The molecule has 0 atom stereocenters. The van der Waals surface area contributed by atoms with Crippen LogP contribution in [0, 0.1) is 6.92 Å². The molecule has 3 aromatic heterocycles. The summed E-state index contributed by atoms with van der Waals surface area (Å²) in [5.74, 6) is 1.72. The van der Waals surface area contributed by atoms with Crippen molar-refractivity contribution >= 4 is 5.82 Å². The molecule has 0 aliphatic carbocycles. The number of rotatable bonds is 5. The molecule has 0 unspecified atom stereocenters. The largest absolute Gasteiger partial charge is 0.364 e. The zero-order chi connectivity index (χ0) is 17.1. The minimum Gasteiger partial charge on any atom is -0.364 e. The first-order valence-electron chi connectivity index (χ1n) is 7.89. The molecule has 25 heavy (non-hydrogen) atoms. The van der Waals surface area contributed by atoms with Crippen LogP contribution in [0.15, 0.2) is 65.4 Å². The second kappa shape index (κ2) is 6.56. The molecule has 4 aromatic rings. The van der Waals surface area contributed by atoms with Gasteiger partial charge in [-0.3, -0.25) is 0 Å². The van der Waals surface area contributed by atoms with Gasteiger partial charge in [0.25, 0.3) is 5.89 Å². The average molecular weight is 332 g/mol. The number of nitrogens with one attached hydrogen (secondary N) is 1. The van der Waals surface area contributed by atoms with Crippen LogP contribution >= 0.6 is 0 Å². The Balaban J connectivity index is 1.52. The Morgan fingerprint density at radius 3 is 2.76 bits per heavy atom. The lowest BCUT2D eigenvalue weighted by Gasteiger charge is -2.07. The topological polar surface area (TPSA) is 81.7 Å². The average Bonchev–Trinajstić information content (AvgIpc) is 3.30. The molecule has 0 saturated carbocycles. The Morgan fingerprint density at radius 2 is 1.96 bits per heavy atom. The summed E-state index contributed by atoms with van der Waals surface area (Å²) in [5, 5.41) is 11.7. The van der Waals surface area contributed by atoms with Crippen LogP contribution < -0.4 is 5.32 Å². The van der Waals surface area contributed by atoms with Crippen LogP contribution in [0.4, 0.5) is 5.82 Å². The summed E-state index contributed by atoms with van der Waals surface area (Å²) in [6, 6.07) is 15.7. The molecule has 3 heterocycles. The molecule has 0 bridgehead atoms. The van der Waals surface area contributed by atoms with Crippen molar-refractivity contribution < 1.29 is 4.52 Å². The third-order valence-corrected chi connectivity index (χ3v) is 3.67. The lowest BCUT2D eigenvalue weighted by atomic mass is 10.2. The number of anilines is 1. The summed E-state index contributed by atoms with van der Waals surface area (Å²) in [5.41, 5.74) is 2.70. The predicted molar refractivity (Wildman–Crippen MR) is 93.2 cm³/mol. The summed E-state index contributed by atoms with van der Waals surface area (Å²) in [6.07, 6.45) is 3.66. The molecule has 7 heteroatoms. The van der Waals surface area contributed by atoms with Crippen LogP contribution in [-0.2, 0) is 6.54 Å². The van der Waals surface area contributed by atoms with Crippen LogP contribution in [0.2, 0.25) is 0 Å². The molecule has 0 radical (unpaired) electrons. The van der Waals surface area contributed by atoms with Crippen molar-refractivity contribution in [3.63, 3.8) is 0 Å². The maximum Gasteiger partial charge on any atom is 0.261 e. The van der Waals surface area contributed by atoms with Crippen molar-refractivity contribution in [2.45, 2.75) is 13.5 Å². The first-order valence-corrected chi connectivity index (χ1v) is 7.89. The summed E-state index contributed by atoms with van der Waals surface area (Å²) in [6.45, 7) is 2.32. The summed E-state index contributed by atoms with van der Waals surface area (Å²) >= 11 is 0. The standard InChI is InChI=1S/C18H16N6O/c1-13-21-18(25-23-13)16-8-5-10-19-17(16)20-12-14-9-11-24(22-14)15-6-3-2-4-7-15/h2-11H,12H2,1H3,(H,19,20). The van der Waals surface area contributed by atoms with E-state index in [9.17, 15) is 0 Å². The van der Waals surface area contributed by atoms with E-state index in [1.165, 1.54) is 0 Å². The van der Waals surface area contributed by atoms with E-state index in [2.05, 4.69) is 25.5 Å². The first kappa shape index (κ1) is 15.1. The van der Waals surface area contributed by atoms with Gasteiger partial charge >= 0.3 is 0 Å². The van der Waals surface area contributed by atoms with E-state index in [0.717, 1.165) is 16.9 Å². The van der Waals surface area contributed by atoms with Gasteiger partial charge in [-0.15, -0.1) is 0 Å². The molecule has 0 spiro atoms. The number of hydrogen-bond acceptors (Lipinski definition) is 6. The highest BCUT2D eigenvalue weighted by molar-refractivity contribution is 5.68. The van der Waals surface area contributed by atoms with Crippen LogP contribution in [-0.4, -0.2) is 24.9 Å². The highest BCUT2D eigenvalue weighted by Gasteiger charge is 2.12. The number of aryl methyl sites for hydroxylation is 1. The Bertz CT molecular complexity index is 976. The molecule has 0 saturated heterocycles. The van der Waals surface area contributed by atoms with Crippen molar-refractivity contribution in [1.82, 2.24) is 24.9 Å². The quantitative estimate of drug-likeness (QED) is 0.604. The van der Waals surface area contributed by atoms with Gasteiger partial charge in [-0.25, -0.2) is 9.67 Å². The van der Waals surface area contributed by atoms with Gasteiger partial charge in [-0.1, -0.05) is 23.4 Å². The van der Waals surface area contributed by atoms with Crippen molar-refractivity contribution in [1.29, 1.82) is 0 Å². The van der Waals surface area contributed by atoms with Gasteiger partial charge < -0.3 is 9.84 Å². The Kier molecular flexibility index (Phi) is 3.96. The fraction of sp³-hybridized carbons (Fsp3) is 0.111. The van der Waals surface area contributed by atoms with Crippen LogP contribution in [0.1, 0.15) is 11.5 Å². The molecule has 1 aromatic carbocycles. The van der Waals surface area contributed by atoms with E-state index in [-0.39, 0.29) is 0 Å². The number of pyridine rings is 1. The molecule has 7 nitrogen and oxygen atoms in total. The van der Waals surface area contributed by atoms with Crippen LogP contribution in [0.3, 0.4) is 0 Å². The Labute approximate surface area is 144 Å². The zero-order valence-electron chi connectivity index (χ0n) is 13.6. The molecular formula is C18H16N6O. The summed E-state index contributed by atoms with van der Waals surface area (Å²) in [7, 11) is 0. The van der Waals surface area contributed by atoms with Crippen molar-refractivity contribution in [2.75, 3.05) is 5.32 Å². The molecular weight excluding hydrogens is 316 g/mol. The van der Waals surface area contributed by atoms with Gasteiger partial charge in [-0.2, -0.15) is 10.1 Å². The van der Waals surface area contributed by atoms with E-state index in [1.807, 2.05) is 59.4 Å². The zero-order valence-corrected chi connectivity index (χ0v) is 13.6. The molecule has 0 fully saturated rings. The van der Waals surface area contributed by atoms with Crippen molar-refractivity contribution in [2.24, 2.45) is 0 Å². The monoisotopic (exact) mass is 332 g/mol. The second-order valence-electron chi connectivity index (χ2n) is 5.49. The fourth-order valence-electron chi connectivity index (χ4n) is 2.48. The van der Waals surface area contributed by atoms with Crippen LogP contribution in [0.5, 0.6) is 0 Å². The normalized spacial score (nSPS) is 10.8. The highest BCUT2D eigenvalue weighted by Crippen LogP contribution is 2.24. The van der Waals surface area contributed by atoms with E-state index < -0.39 is 0 Å². The number of benzene rings is 1. The smallest absolute Gasteiger partial charge is 0.261 e. The van der Waals surface area contributed by atoms with E-state index in [1.54, 1.807) is 13.1 Å². The summed E-state index contributed by atoms with van der Waals surface area (Å²) < 4.78 is 7.09. The van der Waals surface area contributed by atoms with E-state index >= 15 is 0 Å². The fourth-order valence-corrected chi connectivity index (χ4v) is 2.48. The van der Waals surface area contributed by atoms with Gasteiger partial charge in [-0.05, 0) is 37.3 Å². The highest BCUT2D eigenvalue weighted by atomic mass is 16.5. The van der Waals surface area contributed by atoms with Gasteiger partial charge in [0.2, 0.25) is 0 Å². The van der Waals surface area contributed by atoms with Gasteiger partial charge in [0, 0.05) is 12.4 Å². The van der Waals surface area contributed by atoms with Gasteiger partial charge in [0.05, 0.1) is 23.5 Å². The Hall–Kier alpha value is -3.48. The maximum atomic E-state index is 5.24. The molecule has 0 aliphatic heterocycles. The van der Waals surface area contributed by atoms with Gasteiger partial charge in [0.1, 0.15) is 5.82 Å². The van der Waals surface area contributed by atoms with Crippen molar-refractivity contribution in [3.05, 3.63) is 72.4 Å². The molecule has 0 aliphatic rings. The molecule has 124 valence electrons. The lowest BCUT2D eigenvalue weighted by molar-refractivity contribution is 0.425. The first-order chi connectivity index (χ1) is 12.3. The lowest BCUT2D eigenvalue weighted by Crippen LogP contribution is -2.04. The third kappa shape index (κ3) is 3.25. The number of aromatic nitrogens is 5. The van der Waals surface area contributed by atoms with E-state index in [0.29, 0.717) is 24.1 Å². The van der Waals surface area contributed by atoms with Crippen molar-refractivity contribution in [3.8, 4) is 17.1 Å². The number of para-hydroxylation sites is 1. The number of nitrogens with zero attached hydrogens (tertiary/aromatic N) is 5. The second-order valence-corrected chi connectivity index (χ2v) is 5.49. The summed E-state index contributed by atoms with van der Waals surface area (Å²) in [4.78, 5) is 8.63. The van der Waals surface area contributed by atoms with Crippen LogP contribution in [0.25, 0.3) is 17.1 Å². The Morgan fingerprint density at radius 1 is 1.08 bits per heavy atom. The van der Waals surface area contributed by atoms with E-state index in [4.69, 9.17) is 4.52 Å². The predicted octanol–water partition coefficient (Wildman–Crippen LogP) is 3.24. The minimum atomic E-state index is 0.447. The SMILES string of the molecule is Cc1noc(-c2cccnc2NCc2ccn(-c3ccccc3)n2)n1. The maximum absolute atomic E-state index is 5.24. The molecule has 4 rings (SSSR count).